The van der Waals surface area contributed by atoms with Gasteiger partial charge in [0.2, 0.25) is 11.8 Å². The number of piperidine rings is 1. The van der Waals surface area contributed by atoms with E-state index in [9.17, 15) is 23.2 Å². The van der Waals surface area contributed by atoms with Crippen LogP contribution in [0, 0.1) is 17.6 Å². The van der Waals surface area contributed by atoms with Gasteiger partial charge in [-0.2, -0.15) is 0 Å². The van der Waals surface area contributed by atoms with Crippen molar-refractivity contribution < 1.29 is 27.9 Å². The monoisotopic (exact) mass is 597 g/mol. The van der Waals surface area contributed by atoms with E-state index in [1.54, 1.807) is 0 Å². The maximum Gasteiger partial charge on any atom is 0.319 e. The number of nitrogens with one attached hydrogen (secondary N) is 4. The molecule has 0 saturated carbocycles. The van der Waals surface area contributed by atoms with Crippen molar-refractivity contribution >= 4 is 23.5 Å². The lowest BCUT2D eigenvalue weighted by atomic mass is 9.89. The number of carbonyl (C=O) groups excluding carboxylic acids is 3. The summed E-state index contributed by atoms with van der Waals surface area (Å²) >= 11 is 0. The number of nitrogens with zero attached hydrogens (tertiary/aromatic N) is 1. The van der Waals surface area contributed by atoms with E-state index < -0.39 is 23.7 Å². The Balaban J connectivity index is 1.25. The third kappa shape index (κ3) is 8.84. The first-order valence-corrected chi connectivity index (χ1v) is 14.8. The molecular weight excluding hydrogens is 556 g/mol. The molecule has 232 valence electrons. The molecular formula is C32H41F2N5O4. The van der Waals surface area contributed by atoms with Gasteiger partial charge in [0.1, 0.15) is 0 Å². The van der Waals surface area contributed by atoms with Gasteiger partial charge in [-0.1, -0.05) is 32.0 Å². The fourth-order valence-electron chi connectivity index (χ4n) is 5.52. The predicted molar refractivity (Wildman–Crippen MR) is 160 cm³/mol. The molecule has 2 aromatic carbocycles. The molecule has 43 heavy (non-hydrogen) atoms. The van der Waals surface area contributed by atoms with Crippen molar-refractivity contribution in [3.8, 4) is 0 Å². The number of benzene rings is 2. The topological polar surface area (TPSA) is 112 Å². The molecule has 9 nitrogen and oxygen atoms in total. The van der Waals surface area contributed by atoms with Crippen LogP contribution in [-0.2, 0) is 14.3 Å². The second-order valence-electron chi connectivity index (χ2n) is 11.4. The van der Waals surface area contributed by atoms with Gasteiger partial charge in [-0.25, -0.2) is 13.6 Å². The zero-order valence-electron chi connectivity index (χ0n) is 25.0. The largest absolute Gasteiger partial charge is 0.378 e. The molecule has 0 aromatic heterocycles. The summed E-state index contributed by atoms with van der Waals surface area (Å²) in [5.41, 5.74) is 3.36. The molecule has 4 N–H and O–H groups in total. The van der Waals surface area contributed by atoms with Gasteiger partial charge in [0, 0.05) is 31.0 Å². The summed E-state index contributed by atoms with van der Waals surface area (Å²) in [4.78, 5) is 39.6. The Morgan fingerprint density at radius 2 is 1.84 bits per heavy atom. The third-order valence-corrected chi connectivity index (χ3v) is 7.90. The van der Waals surface area contributed by atoms with E-state index in [1.165, 1.54) is 18.7 Å². The predicted octanol–water partition coefficient (Wildman–Crippen LogP) is 4.59. The lowest BCUT2D eigenvalue weighted by Crippen LogP contribution is -2.46. The zero-order valence-corrected chi connectivity index (χ0v) is 25.0. The number of halogens is 2. The molecule has 0 unspecified atom stereocenters. The molecule has 2 aliphatic rings. The molecule has 11 heteroatoms. The summed E-state index contributed by atoms with van der Waals surface area (Å²) in [5.74, 6) is -1.88. The molecule has 2 heterocycles. The third-order valence-electron chi connectivity index (χ3n) is 7.90. The van der Waals surface area contributed by atoms with Crippen LogP contribution in [0.25, 0.3) is 0 Å². The first kappa shape index (κ1) is 32.1. The fourth-order valence-corrected chi connectivity index (χ4v) is 5.52. The van der Waals surface area contributed by atoms with Crippen LogP contribution in [0.4, 0.5) is 19.3 Å². The SMILES string of the molecule is COCC1=C(CC(=O)NCCCN2CCC(c3cccc(NC(=O)C(C)C)c3)CC2)[C@@H](c2ccc(F)c(F)c2)NC(=O)N1. The molecule has 0 spiro atoms. The van der Waals surface area contributed by atoms with E-state index in [0.717, 1.165) is 56.7 Å². The number of hydrogen-bond acceptors (Lipinski definition) is 5. The van der Waals surface area contributed by atoms with Crippen molar-refractivity contribution in [3.05, 3.63) is 76.5 Å². The van der Waals surface area contributed by atoms with E-state index in [4.69, 9.17) is 4.74 Å². The summed E-state index contributed by atoms with van der Waals surface area (Å²) in [5, 5.41) is 11.3. The van der Waals surface area contributed by atoms with E-state index in [2.05, 4.69) is 38.3 Å². The van der Waals surface area contributed by atoms with Crippen molar-refractivity contribution in [2.24, 2.45) is 5.92 Å². The van der Waals surface area contributed by atoms with E-state index >= 15 is 0 Å². The van der Waals surface area contributed by atoms with E-state index in [0.29, 0.717) is 29.3 Å². The molecule has 1 atom stereocenters. The molecule has 4 amide bonds. The summed E-state index contributed by atoms with van der Waals surface area (Å²) in [6.07, 6.45) is 2.78. The van der Waals surface area contributed by atoms with Crippen molar-refractivity contribution in [3.63, 3.8) is 0 Å². The van der Waals surface area contributed by atoms with Gasteiger partial charge >= 0.3 is 6.03 Å². The summed E-state index contributed by atoms with van der Waals surface area (Å²) in [6, 6.07) is 10.2. The number of amides is 4. The van der Waals surface area contributed by atoms with E-state index in [-0.39, 0.29) is 30.8 Å². The van der Waals surface area contributed by atoms with Gasteiger partial charge in [-0.15, -0.1) is 0 Å². The first-order chi connectivity index (χ1) is 20.6. The van der Waals surface area contributed by atoms with Crippen molar-refractivity contribution in [2.75, 3.05) is 45.2 Å². The maximum atomic E-state index is 14.0. The molecule has 0 aliphatic carbocycles. The Morgan fingerprint density at radius 3 is 2.53 bits per heavy atom. The minimum atomic E-state index is -1.03. The van der Waals surface area contributed by atoms with Gasteiger partial charge in [0.25, 0.3) is 0 Å². The summed E-state index contributed by atoms with van der Waals surface area (Å²) in [7, 11) is 1.47. The summed E-state index contributed by atoms with van der Waals surface area (Å²) < 4.78 is 32.7. The number of methoxy groups -OCH3 is 1. The Hall–Kier alpha value is -3.83. The van der Waals surface area contributed by atoms with Crippen molar-refractivity contribution in [1.29, 1.82) is 0 Å². The molecule has 2 aliphatic heterocycles. The van der Waals surface area contributed by atoms with Crippen LogP contribution >= 0.6 is 0 Å². The Morgan fingerprint density at radius 1 is 1.07 bits per heavy atom. The van der Waals surface area contributed by atoms with Gasteiger partial charge in [0.15, 0.2) is 11.6 Å². The highest BCUT2D eigenvalue weighted by Crippen LogP contribution is 2.31. The number of urea groups is 1. The second-order valence-corrected chi connectivity index (χ2v) is 11.4. The standard InChI is InChI=1S/C32H41F2N5O4/c1-20(2)31(41)36-24-7-4-6-22(16-24)21-10-14-39(15-11-21)13-5-12-35-29(40)18-25-28(19-43-3)37-32(42)38-30(25)23-8-9-26(33)27(34)17-23/h4,6-9,16-17,20-21,30H,5,10-15,18-19H2,1-3H3,(H,35,40)(H,36,41)(H2,37,38,42)/t30-/m1/s1. The van der Waals surface area contributed by atoms with Gasteiger partial charge in [0.05, 0.1) is 19.1 Å². The van der Waals surface area contributed by atoms with Crippen LogP contribution in [-0.4, -0.2) is 62.6 Å². The number of hydrogen-bond donors (Lipinski definition) is 4. The normalized spacial score (nSPS) is 17.9. The number of likely N-dealkylation sites (tertiary alicyclic amines) is 1. The average molecular weight is 598 g/mol. The molecule has 0 bridgehead atoms. The highest BCUT2D eigenvalue weighted by atomic mass is 19.2. The minimum Gasteiger partial charge on any atom is -0.378 e. The highest BCUT2D eigenvalue weighted by Gasteiger charge is 2.30. The van der Waals surface area contributed by atoms with Crippen LogP contribution < -0.4 is 21.3 Å². The molecule has 1 fully saturated rings. The zero-order chi connectivity index (χ0) is 30.9. The van der Waals surface area contributed by atoms with Gasteiger partial charge in [-0.3, -0.25) is 9.59 Å². The minimum absolute atomic E-state index is 0.0106. The summed E-state index contributed by atoms with van der Waals surface area (Å²) in [6.45, 7) is 7.05. The van der Waals surface area contributed by atoms with Crippen LogP contribution in [0.1, 0.15) is 62.6 Å². The molecule has 2 aromatic rings. The Bertz CT molecular complexity index is 1340. The van der Waals surface area contributed by atoms with Crippen molar-refractivity contribution in [2.45, 2.75) is 51.5 Å². The number of anilines is 1. The fraction of sp³-hybridized carbons (Fsp3) is 0.469. The van der Waals surface area contributed by atoms with Crippen LogP contribution in [0.15, 0.2) is 53.7 Å². The molecule has 1 saturated heterocycles. The average Bonchev–Trinajstić information content (AvgIpc) is 2.98. The van der Waals surface area contributed by atoms with E-state index in [1.807, 2.05) is 26.0 Å². The quantitative estimate of drug-likeness (QED) is 0.268. The lowest BCUT2D eigenvalue weighted by Gasteiger charge is -2.32. The highest BCUT2D eigenvalue weighted by molar-refractivity contribution is 5.92. The van der Waals surface area contributed by atoms with Gasteiger partial charge < -0.3 is 30.9 Å². The molecule has 4 rings (SSSR count). The number of carbonyl (C=O) groups is 3. The Kier molecular flexibility index (Phi) is 11.2. The number of rotatable bonds is 12. The maximum absolute atomic E-state index is 14.0. The van der Waals surface area contributed by atoms with Gasteiger partial charge in [-0.05, 0) is 85.8 Å². The molecule has 0 radical (unpaired) electrons. The van der Waals surface area contributed by atoms with Crippen LogP contribution in [0.3, 0.4) is 0 Å². The first-order valence-electron chi connectivity index (χ1n) is 14.8. The van der Waals surface area contributed by atoms with Crippen LogP contribution in [0.5, 0.6) is 0 Å². The lowest BCUT2D eigenvalue weighted by molar-refractivity contribution is -0.120. The number of ether oxygens (including phenoxy) is 1. The van der Waals surface area contributed by atoms with Crippen molar-refractivity contribution in [1.82, 2.24) is 20.9 Å². The second kappa shape index (κ2) is 15.1. The Labute approximate surface area is 251 Å². The smallest absolute Gasteiger partial charge is 0.319 e. The van der Waals surface area contributed by atoms with Crippen LogP contribution in [0.2, 0.25) is 0 Å².